The molecule has 6 nitrogen and oxygen atoms in total. The summed E-state index contributed by atoms with van der Waals surface area (Å²) in [6.45, 7) is 1.42. The van der Waals surface area contributed by atoms with Crippen molar-refractivity contribution in [3.05, 3.63) is 33.9 Å². The fraction of sp³-hybridized carbons (Fsp3) is 0.500. The summed E-state index contributed by atoms with van der Waals surface area (Å²) in [4.78, 5) is 12.4. The van der Waals surface area contributed by atoms with Gasteiger partial charge in [0.2, 0.25) is 0 Å². The largest absolute Gasteiger partial charge is 0.395 e. The van der Waals surface area contributed by atoms with Gasteiger partial charge in [-0.1, -0.05) is 6.07 Å². The molecule has 0 heterocycles. The van der Waals surface area contributed by atoms with E-state index in [4.69, 9.17) is 10.8 Å². The molecule has 1 aliphatic carbocycles. The minimum absolute atomic E-state index is 0.0566. The average Bonchev–Trinajstić information content (AvgIpc) is 3.11. The number of aliphatic hydroxyl groups excluding tert-OH is 1. The normalized spacial score (nSPS) is 15.0. The van der Waals surface area contributed by atoms with Crippen LogP contribution in [-0.2, 0) is 6.54 Å². The van der Waals surface area contributed by atoms with Gasteiger partial charge in [-0.25, -0.2) is 0 Å². The number of nitro groups is 1. The smallest absolute Gasteiger partial charge is 0.292 e. The van der Waals surface area contributed by atoms with E-state index in [1.807, 2.05) is 0 Å². The average molecular weight is 251 g/mol. The van der Waals surface area contributed by atoms with Gasteiger partial charge in [-0.05, 0) is 24.5 Å². The van der Waals surface area contributed by atoms with Crippen molar-refractivity contribution in [3.63, 3.8) is 0 Å². The number of benzene rings is 1. The van der Waals surface area contributed by atoms with E-state index in [2.05, 4.69) is 4.90 Å². The predicted molar refractivity (Wildman–Crippen MR) is 68.0 cm³/mol. The maximum Gasteiger partial charge on any atom is 0.292 e. The molecule has 0 saturated heterocycles. The summed E-state index contributed by atoms with van der Waals surface area (Å²) in [5, 5.41) is 19.7. The number of nitrogens with zero attached hydrogens (tertiary/aromatic N) is 2. The third-order valence-electron chi connectivity index (χ3n) is 3.12. The second kappa shape index (κ2) is 5.32. The predicted octanol–water partition coefficient (Wildman–Crippen LogP) is 1.13. The van der Waals surface area contributed by atoms with Gasteiger partial charge in [-0.2, -0.15) is 0 Å². The maximum absolute atomic E-state index is 10.7. The van der Waals surface area contributed by atoms with Crippen molar-refractivity contribution in [1.29, 1.82) is 0 Å². The van der Waals surface area contributed by atoms with Gasteiger partial charge in [0.15, 0.2) is 0 Å². The number of rotatable bonds is 6. The molecule has 1 aromatic carbocycles. The molecule has 0 atom stereocenters. The van der Waals surface area contributed by atoms with E-state index >= 15 is 0 Å². The minimum atomic E-state index is -0.481. The molecular weight excluding hydrogens is 234 g/mol. The Morgan fingerprint density at radius 3 is 2.72 bits per heavy atom. The van der Waals surface area contributed by atoms with Crippen LogP contribution >= 0.6 is 0 Å². The van der Waals surface area contributed by atoms with Crippen LogP contribution in [0.3, 0.4) is 0 Å². The van der Waals surface area contributed by atoms with Gasteiger partial charge < -0.3 is 10.8 Å². The van der Waals surface area contributed by atoms with Crippen LogP contribution in [0, 0.1) is 10.1 Å². The highest BCUT2D eigenvalue weighted by Crippen LogP contribution is 2.29. The Labute approximate surface area is 105 Å². The second-order valence-corrected chi connectivity index (χ2v) is 4.58. The molecule has 18 heavy (non-hydrogen) atoms. The fourth-order valence-electron chi connectivity index (χ4n) is 2.06. The molecule has 1 aliphatic rings. The van der Waals surface area contributed by atoms with E-state index in [1.165, 1.54) is 6.07 Å². The fourth-order valence-corrected chi connectivity index (χ4v) is 2.06. The molecule has 0 amide bonds. The van der Waals surface area contributed by atoms with E-state index in [1.54, 1.807) is 12.1 Å². The molecule has 1 aromatic rings. The first kappa shape index (κ1) is 12.8. The maximum atomic E-state index is 10.7. The summed E-state index contributed by atoms with van der Waals surface area (Å²) in [5.74, 6) is 0. The highest BCUT2D eigenvalue weighted by Gasteiger charge is 2.28. The lowest BCUT2D eigenvalue weighted by molar-refractivity contribution is -0.383. The first-order chi connectivity index (χ1) is 8.61. The third kappa shape index (κ3) is 2.96. The summed E-state index contributed by atoms with van der Waals surface area (Å²) < 4.78 is 0. The number of anilines is 1. The van der Waals surface area contributed by atoms with Gasteiger partial charge in [0.05, 0.1) is 11.5 Å². The van der Waals surface area contributed by atoms with Gasteiger partial charge in [0, 0.05) is 25.2 Å². The molecular formula is C12H17N3O3. The van der Waals surface area contributed by atoms with Crippen LogP contribution in [0.1, 0.15) is 18.4 Å². The van der Waals surface area contributed by atoms with E-state index < -0.39 is 4.92 Å². The lowest BCUT2D eigenvalue weighted by Gasteiger charge is -2.20. The van der Waals surface area contributed by atoms with Crippen LogP contribution in [-0.4, -0.2) is 34.1 Å². The number of nitrogens with two attached hydrogens (primary N) is 1. The molecule has 1 fully saturated rings. The zero-order chi connectivity index (χ0) is 13.1. The highest BCUT2D eigenvalue weighted by atomic mass is 16.6. The van der Waals surface area contributed by atoms with Crippen molar-refractivity contribution in [3.8, 4) is 0 Å². The number of nitro benzene ring substituents is 1. The van der Waals surface area contributed by atoms with E-state index in [0.717, 1.165) is 18.4 Å². The monoisotopic (exact) mass is 251 g/mol. The molecule has 3 N–H and O–H groups in total. The number of nitrogen functional groups attached to an aromatic ring is 1. The Bertz CT molecular complexity index is 446. The summed E-state index contributed by atoms with van der Waals surface area (Å²) in [6.07, 6.45) is 2.31. The lowest BCUT2D eigenvalue weighted by Crippen LogP contribution is -2.28. The topological polar surface area (TPSA) is 92.6 Å². The van der Waals surface area contributed by atoms with Crippen LogP contribution in [0.15, 0.2) is 18.2 Å². The molecule has 0 bridgehead atoms. The van der Waals surface area contributed by atoms with Gasteiger partial charge >= 0.3 is 0 Å². The summed E-state index contributed by atoms with van der Waals surface area (Å²) in [7, 11) is 0. The van der Waals surface area contributed by atoms with Crippen molar-refractivity contribution in [1.82, 2.24) is 4.90 Å². The van der Waals surface area contributed by atoms with Crippen molar-refractivity contribution in [2.24, 2.45) is 0 Å². The molecule has 0 unspecified atom stereocenters. The Kier molecular flexibility index (Phi) is 3.78. The zero-order valence-electron chi connectivity index (χ0n) is 10.1. The summed E-state index contributed by atoms with van der Waals surface area (Å²) >= 11 is 0. The second-order valence-electron chi connectivity index (χ2n) is 4.58. The van der Waals surface area contributed by atoms with Crippen molar-refractivity contribution in [2.45, 2.75) is 25.4 Å². The van der Waals surface area contributed by atoms with Crippen LogP contribution in [0.25, 0.3) is 0 Å². The van der Waals surface area contributed by atoms with E-state index in [9.17, 15) is 10.1 Å². The molecule has 0 spiro atoms. The summed E-state index contributed by atoms with van der Waals surface area (Å²) in [5.41, 5.74) is 6.73. The lowest BCUT2D eigenvalue weighted by atomic mass is 10.1. The number of hydrogen-bond acceptors (Lipinski definition) is 5. The summed E-state index contributed by atoms with van der Waals surface area (Å²) in [6, 6.07) is 5.34. The van der Waals surface area contributed by atoms with Crippen molar-refractivity contribution < 1.29 is 10.0 Å². The number of hydrogen-bond donors (Lipinski definition) is 2. The Balaban J connectivity index is 2.08. The molecule has 98 valence electrons. The van der Waals surface area contributed by atoms with E-state index in [-0.39, 0.29) is 18.0 Å². The zero-order valence-corrected chi connectivity index (χ0v) is 10.1. The molecule has 2 rings (SSSR count). The SMILES string of the molecule is Nc1cc(CN(CCO)C2CC2)ccc1[N+](=O)[O-]. The van der Waals surface area contributed by atoms with Crippen molar-refractivity contribution in [2.75, 3.05) is 18.9 Å². The molecule has 1 saturated carbocycles. The quantitative estimate of drug-likeness (QED) is 0.449. The van der Waals surface area contributed by atoms with Crippen LogP contribution in [0.5, 0.6) is 0 Å². The van der Waals surface area contributed by atoms with Gasteiger partial charge in [-0.15, -0.1) is 0 Å². The van der Waals surface area contributed by atoms with Gasteiger partial charge in [-0.3, -0.25) is 15.0 Å². The molecule has 6 heteroatoms. The standard InChI is InChI=1S/C12H17N3O3/c13-11-7-9(1-4-12(11)15(17)18)8-14(5-6-16)10-2-3-10/h1,4,7,10,16H,2-3,5-6,8,13H2. The Hall–Kier alpha value is -1.66. The van der Waals surface area contributed by atoms with Crippen LogP contribution in [0.2, 0.25) is 0 Å². The van der Waals surface area contributed by atoms with Crippen LogP contribution < -0.4 is 5.73 Å². The van der Waals surface area contributed by atoms with Crippen molar-refractivity contribution >= 4 is 11.4 Å². The van der Waals surface area contributed by atoms with Crippen LogP contribution in [0.4, 0.5) is 11.4 Å². The number of aliphatic hydroxyl groups is 1. The van der Waals surface area contributed by atoms with Gasteiger partial charge in [0.25, 0.3) is 5.69 Å². The first-order valence-electron chi connectivity index (χ1n) is 5.99. The first-order valence-corrected chi connectivity index (χ1v) is 5.99. The van der Waals surface area contributed by atoms with E-state index in [0.29, 0.717) is 19.1 Å². The minimum Gasteiger partial charge on any atom is -0.395 e. The van der Waals surface area contributed by atoms with Gasteiger partial charge in [0.1, 0.15) is 5.69 Å². The molecule has 0 aliphatic heterocycles. The Morgan fingerprint density at radius 2 is 2.22 bits per heavy atom. The highest BCUT2D eigenvalue weighted by molar-refractivity contribution is 5.59. The Morgan fingerprint density at radius 1 is 1.50 bits per heavy atom. The molecule has 0 radical (unpaired) electrons. The third-order valence-corrected chi connectivity index (χ3v) is 3.12. The molecule has 0 aromatic heterocycles.